The van der Waals surface area contributed by atoms with Gasteiger partial charge in [0, 0.05) is 50.2 Å². The lowest BCUT2D eigenvalue weighted by molar-refractivity contribution is -0.140. The van der Waals surface area contributed by atoms with Gasteiger partial charge in [0.15, 0.2) is 0 Å². The zero-order chi connectivity index (χ0) is 16.4. The third-order valence-electron chi connectivity index (χ3n) is 5.06. The van der Waals surface area contributed by atoms with Crippen LogP contribution in [0.15, 0.2) is 12.4 Å². The van der Waals surface area contributed by atoms with Gasteiger partial charge in [0.25, 0.3) is 0 Å². The van der Waals surface area contributed by atoms with Crippen LogP contribution in [0.25, 0.3) is 0 Å². The van der Waals surface area contributed by atoms with Crippen molar-refractivity contribution in [3.63, 3.8) is 0 Å². The monoisotopic (exact) mass is 323 g/mol. The highest BCUT2D eigenvalue weighted by Crippen LogP contribution is 2.37. The van der Waals surface area contributed by atoms with Crippen LogP contribution in [0.3, 0.4) is 0 Å². The molecule has 1 saturated carbocycles. The Labute approximate surface area is 135 Å². The van der Waals surface area contributed by atoms with E-state index in [0.717, 1.165) is 24.2 Å². The van der Waals surface area contributed by atoms with Gasteiger partial charge < -0.3 is 4.90 Å². The molecular formula is C17H23F2N3O. The Morgan fingerprint density at radius 1 is 1.17 bits per heavy atom. The number of carbonyl (C=O) groups excluding carboxylic acids is 1. The van der Waals surface area contributed by atoms with E-state index < -0.39 is 5.92 Å². The maximum Gasteiger partial charge on any atom is 0.248 e. The van der Waals surface area contributed by atoms with E-state index >= 15 is 0 Å². The van der Waals surface area contributed by atoms with Crippen LogP contribution in [0.5, 0.6) is 0 Å². The largest absolute Gasteiger partial charge is 0.342 e. The molecule has 23 heavy (non-hydrogen) atoms. The summed E-state index contributed by atoms with van der Waals surface area (Å²) in [5.74, 6) is -2.39. The first-order valence-electron chi connectivity index (χ1n) is 8.40. The third-order valence-corrected chi connectivity index (χ3v) is 5.06. The number of nitrogens with zero attached hydrogens (tertiary/aromatic N) is 3. The molecule has 3 rings (SSSR count). The van der Waals surface area contributed by atoms with Crippen LogP contribution < -0.4 is 0 Å². The predicted molar refractivity (Wildman–Crippen MR) is 82.2 cm³/mol. The molecule has 1 aromatic heterocycles. The summed E-state index contributed by atoms with van der Waals surface area (Å²) in [7, 11) is 0. The molecule has 0 spiro atoms. The van der Waals surface area contributed by atoms with Gasteiger partial charge >= 0.3 is 0 Å². The van der Waals surface area contributed by atoms with Crippen LogP contribution in [0.1, 0.15) is 55.8 Å². The number of hydrogen-bond donors (Lipinski definition) is 0. The number of amides is 1. The van der Waals surface area contributed by atoms with Crippen molar-refractivity contribution in [2.45, 2.75) is 57.3 Å². The first-order valence-corrected chi connectivity index (χ1v) is 8.40. The second-order valence-corrected chi connectivity index (χ2v) is 6.82. The molecule has 0 aromatic carbocycles. The van der Waals surface area contributed by atoms with Gasteiger partial charge in [0.1, 0.15) is 0 Å². The SMILES string of the molecule is Cc1cncc(C2CCN(C(=O)C3CCC(F)(F)CC3)CC2)n1. The summed E-state index contributed by atoms with van der Waals surface area (Å²) < 4.78 is 26.4. The van der Waals surface area contributed by atoms with Gasteiger partial charge in [-0.2, -0.15) is 0 Å². The second-order valence-electron chi connectivity index (χ2n) is 6.82. The number of aromatic nitrogens is 2. The van der Waals surface area contributed by atoms with E-state index in [1.807, 2.05) is 11.8 Å². The van der Waals surface area contributed by atoms with Crippen molar-refractivity contribution in [3.8, 4) is 0 Å². The molecule has 1 aliphatic carbocycles. The molecule has 1 aromatic rings. The molecule has 1 amide bonds. The maximum absolute atomic E-state index is 13.2. The Morgan fingerprint density at radius 2 is 1.83 bits per heavy atom. The molecule has 6 heteroatoms. The van der Waals surface area contributed by atoms with Crippen molar-refractivity contribution < 1.29 is 13.6 Å². The zero-order valence-electron chi connectivity index (χ0n) is 13.5. The van der Waals surface area contributed by atoms with E-state index in [2.05, 4.69) is 9.97 Å². The van der Waals surface area contributed by atoms with Crippen molar-refractivity contribution >= 4 is 5.91 Å². The maximum atomic E-state index is 13.2. The van der Waals surface area contributed by atoms with Crippen molar-refractivity contribution in [1.82, 2.24) is 14.9 Å². The fourth-order valence-electron chi connectivity index (χ4n) is 3.62. The van der Waals surface area contributed by atoms with Crippen molar-refractivity contribution in [3.05, 3.63) is 23.8 Å². The number of halogens is 2. The molecule has 1 saturated heterocycles. The second kappa shape index (κ2) is 6.49. The summed E-state index contributed by atoms with van der Waals surface area (Å²) in [5.41, 5.74) is 1.90. The molecule has 2 aliphatic rings. The molecule has 4 nitrogen and oxygen atoms in total. The van der Waals surface area contributed by atoms with Crippen LogP contribution in [0.4, 0.5) is 8.78 Å². The van der Waals surface area contributed by atoms with Crippen LogP contribution in [0, 0.1) is 12.8 Å². The van der Waals surface area contributed by atoms with Crippen LogP contribution >= 0.6 is 0 Å². The minimum atomic E-state index is -2.58. The van der Waals surface area contributed by atoms with Crippen LogP contribution in [-0.2, 0) is 4.79 Å². The normalized spacial score (nSPS) is 23.0. The van der Waals surface area contributed by atoms with Crippen molar-refractivity contribution in [2.75, 3.05) is 13.1 Å². The van der Waals surface area contributed by atoms with Gasteiger partial charge in [0.2, 0.25) is 11.8 Å². The molecule has 0 unspecified atom stereocenters. The first-order chi connectivity index (χ1) is 10.9. The lowest BCUT2D eigenvalue weighted by atomic mass is 9.85. The highest BCUT2D eigenvalue weighted by molar-refractivity contribution is 5.79. The van der Waals surface area contributed by atoms with Crippen LogP contribution in [0.2, 0.25) is 0 Å². The Kier molecular flexibility index (Phi) is 4.60. The van der Waals surface area contributed by atoms with Gasteiger partial charge in [-0.15, -0.1) is 0 Å². The Hall–Kier alpha value is -1.59. The van der Waals surface area contributed by atoms with Gasteiger partial charge in [-0.3, -0.25) is 14.8 Å². The number of hydrogen-bond acceptors (Lipinski definition) is 3. The number of rotatable bonds is 2. The van der Waals surface area contributed by atoms with Crippen molar-refractivity contribution in [2.24, 2.45) is 5.92 Å². The zero-order valence-corrected chi connectivity index (χ0v) is 13.5. The van der Waals surface area contributed by atoms with Gasteiger partial charge in [-0.25, -0.2) is 8.78 Å². The molecule has 2 fully saturated rings. The standard InChI is InChI=1S/C17H23F2N3O/c1-12-10-20-11-15(21-12)13-4-8-22(9-5-13)16(23)14-2-6-17(18,19)7-3-14/h10-11,13-14H,2-9H2,1H3. The Bertz CT molecular complexity index is 561. The quantitative estimate of drug-likeness (QED) is 0.839. The number of likely N-dealkylation sites (tertiary alicyclic amines) is 1. The summed E-state index contributed by atoms with van der Waals surface area (Å²) in [4.78, 5) is 23.1. The number of carbonyl (C=O) groups is 1. The molecule has 0 N–H and O–H groups in total. The van der Waals surface area contributed by atoms with E-state index in [1.54, 1.807) is 12.4 Å². The summed E-state index contributed by atoms with van der Waals surface area (Å²) >= 11 is 0. The average Bonchev–Trinajstić information content (AvgIpc) is 2.54. The fourth-order valence-corrected chi connectivity index (χ4v) is 3.62. The van der Waals surface area contributed by atoms with E-state index in [0.29, 0.717) is 31.8 Å². The van der Waals surface area contributed by atoms with Gasteiger partial charge in [0.05, 0.1) is 11.4 Å². The van der Waals surface area contributed by atoms with Gasteiger partial charge in [-0.05, 0) is 32.6 Å². The number of alkyl halides is 2. The lowest BCUT2D eigenvalue weighted by Crippen LogP contribution is -2.43. The average molecular weight is 323 g/mol. The minimum Gasteiger partial charge on any atom is -0.342 e. The molecular weight excluding hydrogens is 300 g/mol. The third kappa shape index (κ3) is 3.85. The Morgan fingerprint density at radius 3 is 2.43 bits per heavy atom. The molecule has 1 aliphatic heterocycles. The summed E-state index contributed by atoms with van der Waals surface area (Å²) in [6, 6.07) is 0. The highest BCUT2D eigenvalue weighted by Gasteiger charge is 2.39. The van der Waals surface area contributed by atoms with Crippen LogP contribution in [-0.4, -0.2) is 39.8 Å². The summed E-state index contributed by atoms with van der Waals surface area (Å²) in [6.07, 6.45) is 5.60. The first kappa shape index (κ1) is 16.3. The molecule has 0 atom stereocenters. The Balaban J connectivity index is 1.54. The molecule has 126 valence electrons. The highest BCUT2D eigenvalue weighted by atomic mass is 19.3. The minimum absolute atomic E-state index is 0.0641. The summed E-state index contributed by atoms with van der Waals surface area (Å²) in [5, 5.41) is 0. The van der Waals surface area contributed by atoms with Gasteiger partial charge in [-0.1, -0.05) is 0 Å². The smallest absolute Gasteiger partial charge is 0.248 e. The molecule has 0 bridgehead atoms. The van der Waals surface area contributed by atoms with E-state index in [4.69, 9.17) is 0 Å². The number of piperidine rings is 1. The molecule has 2 heterocycles. The van der Waals surface area contributed by atoms with E-state index in [1.165, 1.54) is 0 Å². The summed E-state index contributed by atoms with van der Waals surface area (Å²) in [6.45, 7) is 3.30. The fraction of sp³-hybridized carbons (Fsp3) is 0.706. The lowest BCUT2D eigenvalue weighted by Gasteiger charge is -2.36. The topological polar surface area (TPSA) is 46.1 Å². The van der Waals surface area contributed by atoms with Crippen molar-refractivity contribution in [1.29, 1.82) is 0 Å². The predicted octanol–water partition coefficient (Wildman–Crippen LogP) is 3.32. The van der Waals surface area contributed by atoms with E-state index in [9.17, 15) is 13.6 Å². The number of aryl methyl sites for hydroxylation is 1. The van der Waals surface area contributed by atoms with E-state index in [-0.39, 0.29) is 24.7 Å². The molecule has 0 radical (unpaired) electrons.